The number of halogens is 3. The second-order valence-electron chi connectivity index (χ2n) is 4.25. The Labute approximate surface area is 127 Å². The van der Waals surface area contributed by atoms with Crippen LogP contribution in [0.25, 0.3) is 0 Å². The summed E-state index contributed by atoms with van der Waals surface area (Å²) in [4.78, 5) is 17.4. The third-order valence-electron chi connectivity index (χ3n) is 2.70. The molecule has 1 heterocycles. The third kappa shape index (κ3) is 3.56. The zero-order valence-electron chi connectivity index (χ0n) is 11.6. The number of alkyl halides is 3. The molecule has 0 saturated carbocycles. The zero-order chi connectivity index (χ0) is 17.2. The lowest BCUT2D eigenvalue weighted by Gasteiger charge is -2.10. The highest BCUT2D eigenvalue weighted by Crippen LogP contribution is 2.33. The fourth-order valence-electron chi connectivity index (χ4n) is 1.72. The molecular formula is C12H10F3N5O3. The first-order valence-corrected chi connectivity index (χ1v) is 6.02. The van der Waals surface area contributed by atoms with Gasteiger partial charge in [0.25, 0.3) is 0 Å². The monoisotopic (exact) mass is 329 g/mol. The molecule has 0 aliphatic carbocycles. The summed E-state index contributed by atoms with van der Waals surface area (Å²) in [6.45, 7) is 0. The molecule has 11 heteroatoms. The number of aromatic nitrogens is 2. The molecule has 2 aromatic rings. The fraction of sp³-hybridized carbons (Fsp3) is 0.167. The van der Waals surface area contributed by atoms with Crippen molar-refractivity contribution in [3.63, 3.8) is 0 Å². The van der Waals surface area contributed by atoms with E-state index in [-0.39, 0.29) is 11.6 Å². The molecule has 23 heavy (non-hydrogen) atoms. The Morgan fingerprint density at radius 2 is 2.04 bits per heavy atom. The number of hydrogen-bond donors (Lipinski definition) is 2. The van der Waals surface area contributed by atoms with E-state index in [9.17, 15) is 23.3 Å². The van der Waals surface area contributed by atoms with Crippen LogP contribution in [-0.2, 0) is 6.18 Å². The topological polar surface area (TPSA) is 116 Å². The Morgan fingerprint density at radius 3 is 2.61 bits per heavy atom. The molecule has 0 atom stereocenters. The van der Waals surface area contributed by atoms with E-state index in [4.69, 9.17) is 10.5 Å². The van der Waals surface area contributed by atoms with Crippen molar-refractivity contribution in [3.05, 3.63) is 39.9 Å². The molecule has 0 radical (unpaired) electrons. The van der Waals surface area contributed by atoms with Crippen LogP contribution in [0.5, 0.6) is 5.88 Å². The van der Waals surface area contributed by atoms with Crippen LogP contribution in [0.3, 0.4) is 0 Å². The quantitative estimate of drug-likeness (QED) is 0.654. The van der Waals surface area contributed by atoms with Gasteiger partial charge >= 0.3 is 17.7 Å². The third-order valence-corrected chi connectivity index (χ3v) is 2.70. The normalized spacial score (nSPS) is 11.1. The summed E-state index contributed by atoms with van der Waals surface area (Å²) in [7, 11) is 1.14. The smallest absolute Gasteiger partial charge is 0.416 e. The van der Waals surface area contributed by atoms with Gasteiger partial charge < -0.3 is 15.8 Å². The molecular weight excluding hydrogens is 319 g/mol. The lowest BCUT2D eigenvalue weighted by molar-refractivity contribution is -0.385. The van der Waals surface area contributed by atoms with E-state index in [1.54, 1.807) is 0 Å². The van der Waals surface area contributed by atoms with Gasteiger partial charge in [-0.1, -0.05) is 6.07 Å². The maximum absolute atomic E-state index is 12.7. The van der Waals surface area contributed by atoms with Crippen molar-refractivity contribution in [1.29, 1.82) is 0 Å². The summed E-state index contributed by atoms with van der Waals surface area (Å²) < 4.78 is 42.7. The number of benzene rings is 1. The lowest BCUT2D eigenvalue weighted by Crippen LogP contribution is -2.08. The Balaban J connectivity index is 2.38. The van der Waals surface area contributed by atoms with E-state index >= 15 is 0 Å². The summed E-state index contributed by atoms with van der Waals surface area (Å²) in [6, 6.07) is 4.28. The van der Waals surface area contributed by atoms with Crippen LogP contribution in [0.4, 0.5) is 36.3 Å². The van der Waals surface area contributed by atoms with Gasteiger partial charge in [-0.05, 0) is 18.2 Å². The van der Waals surface area contributed by atoms with Gasteiger partial charge in [-0.3, -0.25) is 10.1 Å². The summed E-state index contributed by atoms with van der Waals surface area (Å²) in [5.41, 5.74) is 4.00. The summed E-state index contributed by atoms with van der Waals surface area (Å²) in [5, 5.41) is 13.3. The van der Waals surface area contributed by atoms with E-state index in [0.29, 0.717) is 0 Å². The Bertz CT molecular complexity index is 751. The first kappa shape index (κ1) is 16.3. The van der Waals surface area contributed by atoms with Crippen LogP contribution in [0.15, 0.2) is 24.3 Å². The van der Waals surface area contributed by atoms with Gasteiger partial charge in [-0.2, -0.15) is 23.1 Å². The highest BCUT2D eigenvalue weighted by molar-refractivity contribution is 5.64. The summed E-state index contributed by atoms with van der Waals surface area (Å²) in [5.74, 6) is -1.11. The van der Waals surface area contributed by atoms with Crippen molar-refractivity contribution in [2.75, 3.05) is 18.2 Å². The number of nitrogens with two attached hydrogens (primary N) is 1. The number of nitrogen functional groups attached to an aromatic ring is 1. The summed E-state index contributed by atoms with van der Waals surface area (Å²) in [6.07, 6.45) is -4.51. The molecule has 0 bridgehead atoms. The maximum atomic E-state index is 12.7. The van der Waals surface area contributed by atoms with Gasteiger partial charge in [-0.25, -0.2) is 0 Å². The van der Waals surface area contributed by atoms with Crippen LogP contribution in [0, 0.1) is 10.1 Å². The standard InChI is InChI=1S/C12H10F3N5O3/c1-23-10-8(20(21)22)9(16)18-11(19-10)17-7-4-2-3-6(5-7)12(13,14)15/h2-5H,1H3,(H3,16,17,18,19). The number of methoxy groups -OCH3 is 1. The van der Waals surface area contributed by atoms with Gasteiger partial charge in [0.1, 0.15) is 0 Å². The van der Waals surface area contributed by atoms with E-state index in [2.05, 4.69) is 15.3 Å². The molecule has 1 aromatic carbocycles. The zero-order valence-corrected chi connectivity index (χ0v) is 11.6. The van der Waals surface area contributed by atoms with Crippen molar-refractivity contribution in [2.45, 2.75) is 6.18 Å². The summed E-state index contributed by atoms with van der Waals surface area (Å²) >= 11 is 0. The van der Waals surface area contributed by atoms with Gasteiger partial charge in [0, 0.05) is 5.69 Å². The van der Waals surface area contributed by atoms with E-state index < -0.39 is 34.0 Å². The molecule has 122 valence electrons. The SMILES string of the molecule is COc1nc(Nc2cccc(C(F)(F)F)c2)nc(N)c1[N+](=O)[O-]. The second kappa shape index (κ2) is 5.94. The van der Waals surface area contributed by atoms with Gasteiger partial charge in [-0.15, -0.1) is 0 Å². The first-order valence-electron chi connectivity index (χ1n) is 6.02. The highest BCUT2D eigenvalue weighted by Gasteiger charge is 2.30. The van der Waals surface area contributed by atoms with E-state index in [0.717, 1.165) is 19.2 Å². The van der Waals surface area contributed by atoms with Crippen molar-refractivity contribution < 1.29 is 22.8 Å². The minimum Gasteiger partial charge on any atom is -0.476 e. The average Bonchev–Trinajstić information content (AvgIpc) is 2.45. The minimum absolute atomic E-state index is 0.0372. The number of anilines is 3. The van der Waals surface area contributed by atoms with Crippen molar-refractivity contribution >= 4 is 23.1 Å². The number of nitrogens with one attached hydrogen (secondary N) is 1. The molecule has 0 amide bonds. The predicted octanol–water partition coefficient (Wildman–Crippen LogP) is 2.74. The second-order valence-corrected chi connectivity index (χ2v) is 4.25. The van der Waals surface area contributed by atoms with E-state index in [1.165, 1.54) is 12.1 Å². The van der Waals surface area contributed by atoms with Crippen LogP contribution < -0.4 is 15.8 Å². The molecule has 8 nitrogen and oxygen atoms in total. The molecule has 0 unspecified atom stereocenters. The first-order chi connectivity index (χ1) is 10.7. The molecule has 0 spiro atoms. The number of nitro groups is 1. The van der Waals surface area contributed by atoms with Crippen LogP contribution in [0.2, 0.25) is 0 Å². The number of nitrogens with zero attached hydrogens (tertiary/aromatic N) is 3. The minimum atomic E-state index is -4.51. The Hall–Kier alpha value is -3.11. The molecule has 0 saturated heterocycles. The van der Waals surface area contributed by atoms with Gasteiger partial charge in [0.15, 0.2) is 0 Å². The average molecular weight is 329 g/mol. The molecule has 0 aliphatic rings. The van der Waals surface area contributed by atoms with Crippen molar-refractivity contribution in [3.8, 4) is 5.88 Å². The van der Waals surface area contributed by atoms with Gasteiger partial charge in [0.05, 0.1) is 17.6 Å². The Morgan fingerprint density at radius 1 is 1.35 bits per heavy atom. The predicted molar refractivity (Wildman–Crippen MR) is 74.4 cm³/mol. The molecule has 0 aliphatic heterocycles. The largest absolute Gasteiger partial charge is 0.476 e. The lowest BCUT2D eigenvalue weighted by atomic mass is 10.2. The molecule has 2 rings (SSSR count). The van der Waals surface area contributed by atoms with Crippen LogP contribution in [-0.4, -0.2) is 22.0 Å². The van der Waals surface area contributed by atoms with Crippen molar-refractivity contribution in [2.24, 2.45) is 0 Å². The molecule has 1 aromatic heterocycles. The number of ether oxygens (including phenoxy) is 1. The number of rotatable bonds is 4. The van der Waals surface area contributed by atoms with E-state index in [1.807, 2.05) is 0 Å². The molecule has 0 fully saturated rings. The molecule has 3 N–H and O–H groups in total. The van der Waals surface area contributed by atoms with Gasteiger partial charge in [0.2, 0.25) is 11.8 Å². The van der Waals surface area contributed by atoms with Crippen LogP contribution >= 0.6 is 0 Å². The Kier molecular flexibility index (Phi) is 4.20. The highest BCUT2D eigenvalue weighted by atomic mass is 19.4. The van der Waals surface area contributed by atoms with Crippen molar-refractivity contribution in [1.82, 2.24) is 9.97 Å². The number of hydrogen-bond acceptors (Lipinski definition) is 7. The van der Waals surface area contributed by atoms with Crippen LogP contribution in [0.1, 0.15) is 5.56 Å². The maximum Gasteiger partial charge on any atom is 0.416 e. The fourth-order valence-corrected chi connectivity index (χ4v) is 1.72.